The molecule has 1 aliphatic heterocycles. The van der Waals surface area contributed by atoms with Crippen molar-refractivity contribution in [3.8, 4) is 0 Å². The number of nitrogens with two attached hydrogens (primary N) is 1. The largest absolute Gasteiger partial charge is 0.352 e. The number of hydrogen-bond acceptors (Lipinski definition) is 3. The smallest absolute Gasteiger partial charge is 0.220 e. The van der Waals surface area contributed by atoms with E-state index in [0.717, 1.165) is 25.8 Å². The van der Waals surface area contributed by atoms with E-state index in [1.807, 2.05) is 0 Å². The molecule has 0 bridgehead atoms. The lowest BCUT2D eigenvalue weighted by atomic mass is 9.83. The summed E-state index contributed by atoms with van der Waals surface area (Å²) in [6, 6.07) is 0.639. The summed E-state index contributed by atoms with van der Waals surface area (Å²) in [5.74, 6) is 0.884. The first-order valence-corrected chi connectivity index (χ1v) is 8.41. The number of rotatable bonds is 6. The summed E-state index contributed by atoms with van der Waals surface area (Å²) in [4.78, 5) is 14.4. The van der Waals surface area contributed by atoms with Crippen LogP contribution in [0.3, 0.4) is 0 Å². The van der Waals surface area contributed by atoms with Gasteiger partial charge in [0.1, 0.15) is 0 Å². The predicted molar refractivity (Wildman–Crippen MR) is 82.4 cm³/mol. The molecule has 1 aliphatic carbocycles. The average molecular weight is 281 g/mol. The molecule has 0 aromatic carbocycles. The van der Waals surface area contributed by atoms with Crippen molar-refractivity contribution in [2.45, 2.75) is 70.4 Å². The molecular weight excluding hydrogens is 250 g/mol. The third-order valence-corrected chi connectivity index (χ3v) is 4.74. The van der Waals surface area contributed by atoms with Gasteiger partial charge in [-0.25, -0.2) is 0 Å². The van der Waals surface area contributed by atoms with Crippen molar-refractivity contribution in [3.63, 3.8) is 0 Å². The zero-order valence-corrected chi connectivity index (χ0v) is 12.9. The van der Waals surface area contributed by atoms with Crippen molar-refractivity contribution in [2.24, 2.45) is 11.7 Å². The minimum absolute atomic E-state index is 0.218. The lowest BCUT2D eigenvalue weighted by Crippen LogP contribution is -2.41. The Morgan fingerprint density at radius 1 is 1.30 bits per heavy atom. The van der Waals surface area contributed by atoms with Gasteiger partial charge in [0.15, 0.2) is 0 Å². The Bertz CT molecular complexity index is 302. The topological polar surface area (TPSA) is 58.4 Å². The molecule has 1 heterocycles. The van der Waals surface area contributed by atoms with Crippen molar-refractivity contribution in [2.75, 3.05) is 19.6 Å². The van der Waals surface area contributed by atoms with E-state index in [4.69, 9.17) is 5.73 Å². The van der Waals surface area contributed by atoms with Crippen LogP contribution in [0.1, 0.15) is 58.3 Å². The Morgan fingerprint density at radius 2 is 2.05 bits per heavy atom. The van der Waals surface area contributed by atoms with Gasteiger partial charge in [0.2, 0.25) is 5.91 Å². The Labute approximate surface area is 123 Å². The standard InChI is InChI=1S/C16H31N3O/c1-13(12-19-9-2-3-10-19)18-16(20)8-7-14-5-4-6-15(17)11-14/h13-15H,2-12,17H2,1H3,(H,18,20). The van der Waals surface area contributed by atoms with Crippen molar-refractivity contribution < 1.29 is 4.79 Å². The Hall–Kier alpha value is -0.610. The lowest BCUT2D eigenvalue weighted by Gasteiger charge is -2.26. The van der Waals surface area contributed by atoms with Crippen molar-refractivity contribution in [1.29, 1.82) is 0 Å². The summed E-state index contributed by atoms with van der Waals surface area (Å²) < 4.78 is 0. The first-order valence-electron chi connectivity index (χ1n) is 8.41. The van der Waals surface area contributed by atoms with Crippen LogP contribution in [-0.2, 0) is 4.79 Å². The first-order chi connectivity index (χ1) is 9.63. The number of nitrogens with one attached hydrogen (secondary N) is 1. The fraction of sp³-hybridized carbons (Fsp3) is 0.938. The highest BCUT2D eigenvalue weighted by molar-refractivity contribution is 5.76. The third kappa shape index (κ3) is 5.41. The van der Waals surface area contributed by atoms with Gasteiger partial charge < -0.3 is 16.0 Å². The van der Waals surface area contributed by atoms with E-state index >= 15 is 0 Å². The van der Waals surface area contributed by atoms with Crippen LogP contribution < -0.4 is 11.1 Å². The predicted octanol–water partition coefficient (Wildman–Crippen LogP) is 1.88. The maximum Gasteiger partial charge on any atom is 0.220 e. The minimum Gasteiger partial charge on any atom is -0.352 e. The molecule has 4 nitrogen and oxygen atoms in total. The van der Waals surface area contributed by atoms with Gasteiger partial charge >= 0.3 is 0 Å². The van der Waals surface area contributed by atoms with E-state index in [0.29, 0.717) is 18.4 Å². The van der Waals surface area contributed by atoms with Gasteiger partial charge in [0.05, 0.1) is 0 Å². The lowest BCUT2D eigenvalue weighted by molar-refractivity contribution is -0.122. The Kier molecular flexibility index (Phi) is 6.30. The monoisotopic (exact) mass is 281 g/mol. The molecule has 1 saturated carbocycles. The molecule has 0 radical (unpaired) electrons. The van der Waals surface area contributed by atoms with E-state index in [1.165, 1.54) is 38.8 Å². The van der Waals surface area contributed by atoms with Crippen LogP contribution in [-0.4, -0.2) is 42.5 Å². The second kappa shape index (κ2) is 7.99. The molecular formula is C16H31N3O. The fourth-order valence-electron chi connectivity index (χ4n) is 3.68. The number of carbonyl (C=O) groups excluding carboxylic acids is 1. The molecule has 2 aliphatic rings. The van der Waals surface area contributed by atoms with Crippen molar-refractivity contribution in [1.82, 2.24) is 10.2 Å². The molecule has 3 N–H and O–H groups in total. The summed E-state index contributed by atoms with van der Waals surface area (Å²) in [6.07, 6.45) is 9.05. The van der Waals surface area contributed by atoms with Crippen molar-refractivity contribution >= 4 is 5.91 Å². The molecule has 2 fully saturated rings. The van der Waals surface area contributed by atoms with E-state index in [1.54, 1.807) is 0 Å². The molecule has 20 heavy (non-hydrogen) atoms. The van der Waals surface area contributed by atoms with Gasteiger partial charge in [0.25, 0.3) is 0 Å². The summed E-state index contributed by atoms with van der Waals surface area (Å²) in [6.45, 7) is 5.51. The minimum atomic E-state index is 0.218. The van der Waals surface area contributed by atoms with Gasteiger partial charge in [-0.15, -0.1) is 0 Å². The van der Waals surface area contributed by atoms with Gasteiger partial charge in [-0.05, 0) is 58.0 Å². The highest BCUT2D eigenvalue weighted by atomic mass is 16.1. The van der Waals surface area contributed by atoms with Gasteiger partial charge in [0, 0.05) is 25.0 Å². The molecule has 4 heteroatoms. The van der Waals surface area contributed by atoms with E-state index in [9.17, 15) is 4.79 Å². The second-order valence-corrected chi connectivity index (χ2v) is 6.81. The number of amides is 1. The summed E-state index contributed by atoms with van der Waals surface area (Å²) in [5, 5.41) is 3.15. The van der Waals surface area contributed by atoms with Crippen LogP contribution in [0, 0.1) is 5.92 Å². The van der Waals surface area contributed by atoms with E-state index < -0.39 is 0 Å². The average Bonchev–Trinajstić information content (AvgIpc) is 2.89. The second-order valence-electron chi connectivity index (χ2n) is 6.81. The maximum absolute atomic E-state index is 12.0. The summed E-state index contributed by atoms with van der Waals surface area (Å²) in [7, 11) is 0. The highest BCUT2D eigenvalue weighted by Gasteiger charge is 2.20. The molecule has 0 aromatic rings. The number of nitrogens with zero attached hydrogens (tertiary/aromatic N) is 1. The van der Waals surface area contributed by atoms with Gasteiger partial charge in [-0.2, -0.15) is 0 Å². The molecule has 1 saturated heterocycles. The van der Waals surface area contributed by atoms with Crippen LogP contribution in [0.5, 0.6) is 0 Å². The van der Waals surface area contributed by atoms with Crippen LogP contribution >= 0.6 is 0 Å². The van der Waals surface area contributed by atoms with Gasteiger partial charge in [-0.3, -0.25) is 4.79 Å². The van der Waals surface area contributed by atoms with E-state index in [-0.39, 0.29) is 11.9 Å². The normalized spacial score (nSPS) is 29.3. The van der Waals surface area contributed by atoms with E-state index in [2.05, 4.69) is 17.1 Å². The van der Waals surface area contributed by atoms with Crippen LogP contribution in [0.25, 0.3) is 0 Å². The molecule has 3 unspecified atom stereocenters. The number of hydrogen-bond donors (Lipinski definition) is 2. The van der Waals surface area contributed by atoms with Crippen LogP contribution in [0.15, 0.2) is 0 Å². The summed E-state index contributed by atoms with van der Waals surface area (Å²) >= 11 is 0. The zero-order chi connectivity index (χ0) is 14.4. The zero-order valence-electron chi connectivity index (χ0n) is 12.9. The Morgan fingerprint density at radius 3 is 2.75 bits per heavy atom. The quantitative estimate of drug-likeness (QED) is 0.781. The third-order valence-electron chi connectivity index (χ3n) is 4.74. The molecule has 0 spiro atoms. The molecule has 0 aromatic heterocycles. The van der Waals surface area contributed by atoms with Crippen LogP contribution in [0.2, 0.25) is 0 Å². The van der Waals surface area contributed by atoms with Crippen LogP contribution in [0.4, 0.5) is 0 Å². The number of likely N-dealkylation sites (tertiary alicyclic amines) is 1. The summed E-state index contributed by atoms with van der Waals surface area (Å²) in [5.41, 5.74) is 6.00. The first kappa shape index (κ1) is 15.8. The maximum atomic E-state index is 12.0. The Balaban J connectivity index is 1.59. The molecule has 1 amide bonds. The fourth-order valence-corrected chi connectivity index (χ4v) is 3.68. The molecule has 2 rings (SSSR count). The van der Waals surface area contributed by atoms with Crippen molar-refractivity contribution in [3.05, 3.63) is 0 Å². The van der Waals surface area contributed by atoms with Gasteiger partial charge in [-0.1, -0.05) is 12.8 Å². The highest BCUT2D eigenvalue weighted by Crippen LogP contribution is 2.26. The molecule has 116 valence electrons. The SMILES string of the molecule is CC(CN1CCCC1)NC(=O)CCC1CCCC(N)C1. The number of carbonyl (C=O) groups is 1. The molecule has 3 atom stereocenters.